The molecule has 0 aliphatic heterocycles. The third-order valence-electron chi connectivity index (χ3n) is 5.34. The van der Waals surface area contributed by atoms with Gasteiger partial charge in [0, 0.05) is 47.6 Å². The largest absolute Gasteiger partial charge is 0.496 e. The molecule has 174 valence electrons. The SMILES string of the molecule is COc1ccc(C(N)=O)cc1-c1cc2nccc(-c3cc(C(=O)NCCN)ccc3OC)c2o1. The van der Waals surface area contributed by atoms with Gasteiger partial charge in [-0.15, -0.1) is 0 Å². The van der Waals surface area contributed by atoms with E-state index in [2.05, 4.69) is 10.3 Å². The molecule has 4 rings (SSSR count). The number of amides is 2. The van der Waals surface area contributed by atoms with Gasteiger partial charge in [0.1, 0.15) is 22.8 Å². The van der Waals surface area contributed by atoms with Gasteiger partial charge in [-0.2, -0.15) is 0 Å². The van der Waals surface area contributed by atoms with Crippen molar-refractivity contribution in [3.63, 3.8) is 0 Å². The van der Waals surface area contributed by atoms with Crippen LogP contribution in [0.4, 0.5) is 0 Å². The molecule has 0 saturated heterocycles. The van der Waals surface area contributed by atoms with E-state index in [4.69, 9.17) is 25.4 Å². The number of hydrogen-bond acceptors (Lipinski definition) is 7. The predicted octanol–water partition coefficient (Wildman–Crippen LogP) is 2.97. The van der Waals surface area contributed by atoms with Gasteiger partial charge in [0.05, 0.1) is 19.8 Å². The Kier molecular flexibility index (Phi) is 6.46. The fourth-order valence-electron chi connectivity index (χ4n) is 3.68. The minimum atomic E-state index is -0.562. The van der Waals surface area contributed by atoms with Crippen LogP contribution in [0.5, 0.6) is 11.5 Å². The van der Waals surface area contributed by atoms with Gasteiger partial charge in [-0.1, -0.05) is 0 Å². The summed E-state index contributed by atoms with van der Waals surface area (Å²) < 4.78 is 17.2. The van der Waals surface area contributed by atoms with Gasteiger partial charge < -0.3 is 30.7 Å². The van der Waals surface area contributed by atoms with Crippen molar-refractivity contribution in [1.82, 2.24) is 10.3 Å². The molecule has 0 radical (unpaired) electrons. The van der Waals surface area contributed by atoms with Crippen LogP contribution in [0, 0.1) is 0 Å². The molecule has 4 aromatic rings. The van der Waals surface area contributed by atoms with Crippen LogP contribution in [0.15, 0.2) is 59.1 Å². The Bertz CT molecular complexity index is 1380. The number of hydrogen-bond donors (Lipinski definition) is 3. The maximum atomic E-state index is 12.5. The summed E-state index contributed by atoms with van der Waals surface area (Å²) in [6, 6.07) is 13.5. The molecule has 9 heteroatoms. The Morgan fingerprint density at radius 1 is 0.941 bits per heavy atom. The number of benzene rings is 2. The molecule has 2 aromatic heterocycles. The first-order valence-electron chi connectivity index (χ1n) is 10.5. The third kappa shape index (κ3) is 4.28. The second kappa shape index (κ2) is 9.63. The predicted molar refractivity (Wildman–Crippen MR) is 128 cm³/mol. The lowest BCUT2D eigenvalue weighted by Crippen LogP contribution is -2.28. The number of nitrogens with zero attached hydrogens (tertiary/aromatic N) is 1. The standard InChI is InChI=1S/C25H24N4O5/c1-32-20-6-4-15(25(31)29-10-8-26)12-17(20)16-7-9-28-19-13-22(34-23(16)19)18-11-14(24(27)30)3-5-21(18)33-2/h3-7,9,11-13H,8,10,26H2,1-2H3,(H2,27,30)(H,29,31). The number of methoxy groups -OCH3 is 2. The Hall–Kier alpha value is -4.37. The van der Waals surface area contributed by atoms with Crippen LogP contribution in [0.1, 0.15) is 20.7 Å². The zero-order valence-corrected chi connectivity index (χ0v) is 18.8. The molecule has 2 amide bonds. The van der Waals surface area contributed by atoms with E-state index in [1.165, 1.54) is 7.11 Å². The average Bonchev–Trinajstić information content (AvgIpc) is 3.30. The molecule has 0 atom stereocenters. The molecule has 34 heavy (non-hydrogen) atoms. The van der Waals surface area contributed by atoms with E-state index >= 15 is 0 Å². The summed E-state index contributed by atoms with van der Waals surface area (Å²) in [5, 5.41) is 2.76. The molecule has 0 aliphatic carbocycles. The minimum absolute atomic E-state index is 0.243. The summed E-state index contributed by atoms with van der Waals surface area (Å²) in [6.45, 7) is 0.711. The van der Waals surface area contributed by atoms with Gasteiger partial charge in [-0.3, -0.25) is 14.6 Å². The van der Waals surface area contributed by atoms with E-state index in [9.17, 15) is 9.59 Å². The number of nitrogens with two attached hydrogens (primary N) is 2. The first kappa shape index (κ1) is 22.8. The van der Waals surface area contributed by atoms with Gasteiger partial charge >= 0.3 is 0 Å². The van der Waals surface area contributed by atoms with Crippen LogP contribution < -0.4 is 26.3 Å². The maximum absolute atomic E-state index is 12.5. The van der Waals surface area contributed by atoms with Crippen molar-refractivity contribution < 1.29 is 23.5 Å². The lowest BCUT2D eigenvalue weighted by atomic mass is 10.0. The van der Waals surface area contributed by atoms with Crippen molar-refractivity contribution in [2.75, 3.05) is 27.3 Å². The van der Waals surface area contributed by atoms with Crippen LogP contribution >= 0.6 is 0 Å². The van der Waals surface area contributed by atoms with E-state index in [-0.39, 0.29) is 5.91 Å². The lowest BCUT2D eigenvalue weighted by molar-refractivity contribution is 0.0953. The van der Waals surface area contributed by atoms with Crippen LogP contribution in [0.2, 0.25) is 0 Å². The van der Waals surface area contributed by atoms with E-state index in [0.717, 1.165) is 0 Å². The molecule has 0 bridgehead atoms. The second-order valence-electron chi connectivity index (χ2n) is 7.42. The van der Waals surface area contributed by atoms with Gasteiger partial charge in [0.15, 0.2) is 5.58 Å². The molecular weight excluding hydrogens is 436 g/mol. The number of ether oxygens (including phenoxy) is 2. The number of primary amides is 1. The topological polar surface area (TPSA) is 143 Å². The normalized spacial score (nSPS) is 10.8. The van der Waals surface area contributed by atoms with Gasteiger partial charge in [-0.25, -0.2) is 0 Å². The number of rotatable bonds is 8. The Balaban J connectivity index is 1.87. The van der Waals surface area contributed by atoms with Gasteiger partial charge in [-0.05, 0) is 42.5 Å². The van der Waals surface area contributed by atoms with Crippen LogP contribution in [0.3, 0.4) is 0 Å². The average molecular weight is 460 g/mol. The number of fused-ring (bicyclic) bond motifs is 1. The summed E-state index contributed by atoms with van der Waals surface area (Å²) in [6.07, 6.45) is 1.65. The first-order chi connectivity index (χ1) is 16.5. The number of carbonyl (C=O) groups excluding carboxylic acids is 2. The molecule has 2 aromatic carbocycles. The molecule has 0 spiro atoms. The van der Waals surface area contributed by atoms with Crippen molar-refractivity contribution in [3.8, 4) is 33.9 Å². The van der Waals surface area contributed by atoms with E-state index in [1.807, 2.05) is 0 Å². The maximum Gasteiger partial charge on any atom is 0.251 e. The summed E-state index contributed by atoms with van der Waals surface area (Å²) in [7, 11) is 3.08. The van der Waals surface area contributed by atoms with Gasteiger partial charge in [0.25, 0.3) is 5.91 Å². The number of furan rings is 1. The number of carbonyl (C=O) groups is 2. The number of aromatic nitrogens is 1. The zero-order chi connectivity index (χ0) is 24.2. The monoisotopic (exact) mass is 460 g/mol. The quantitative estimate of drug-likeness (QED) is 0.367. The molecular formula is C25H24N4O5. The highest BCUT2D eigenvalue weighted by molar-refractivity contribution is 6.00. The Labute approximate surface area is 195 Å². The van der Waals surface area contributed by atoms with E-state index in [1.54, 1.807) is 61.8 Å². The molecule has 9 nitrogen and oxygen atoms in total. The van der Waals surface area contributed by atoms with Crippen LogP contribution in [-0.4, -0.2) is 44.1 Å². The Morgan fingerprint density at radius 2 is 1.62 bits per heavy atom. The fraction of sp³-hybridized carbons (Fsp3) is 0.160. The van der Waals surface area contributed by atoms with Crippen LogP contribution in [0.25, 0.3) is 33.6 Å². The smallest absolute Gasteiger partial charge is 0.251 e. The third-order valence-corrected chi connectivity index (χ3v) is 5.34. The van der Waals surface area contributed by atoms with Crippen molar-refractivity contribution >= 4 is 22.9 Å². The second-order valence-corrected chi connectivity index (χ2v) is 7.42. The molecule has 0 saturated carbocycles. The van der Waals surface area contributed by atoms with E-state index in [0.29, 0.717) is 69.3 Å². The van der Waals surface area contributed by atoms with Crippen molar-refractivity contribution in [2.24, 2.45) is 11.5 Å². The Morgan fingerprint density at radius 3 is 2.29 bits per heavy atom. The van der Waals surface area contributed by atoms with Crippen molar-refractivity contribution in [3.05, 3.63) is 65.9 Å². The first-order valence-corrected chi connectivity index (χ1v) is 10.5. The number of pyridine rings is 1. The zero-order valence-electron chi connectivity index (χ0n) is 18.8. The van der Waals surface area contributed by atoms with E-state index < -0.39 is 5.91 Å². The van der Waals surface area contributed by atoms with Crippen molar-refractivity contribution in [1.29, 1.82) is 0 Å². The highest BCUT2D eigenvalue weighted by atomic mass is 16.5. The molecule has 0 unspecified atom stereocenters. The highest BCUT2D eigenvalue weighted by Crippen LogP contribution is 2.40. The molecule has 0 fully saturated rings. The molecule has 5 N–H and O–H groups in total. The van der Waals surface area contributed by atoms with Crippen LogP contribution in [-0.2, 0) is 0 Å². The minimum Gasteiger partial charge on any atom is -0.496 e. The fourth-order valence-corrected chi connectivity index (χ4v) is 3.68. The summed E-state index contributed by atoms with van der Waals surface area (Å²) >= 11 is 0. The molecule has 0 aliphatic rings. The summed E-state index contributed by atoms with van der Waals surface area (Å²) in [5.74, 6) is 0.725. The summed E-state index contributed by atoms with van der Waals surface area (Å²) in [5.41, 5.74) is 14.7. The van der Waals surface area contributed by atoms with Gasteiger partial charge in [0.2, 0.25) is 5.91 Å². The lowest BCUT2D eigenvalue weighted by Gasteiger charge is -2.11. The molecule has 2 heterocycles. The number of nitrogens with one attached hydrogen (secondary N) is 1. The van der Waals surface area contributed by atoms with Crippen molar-refractivity contribution in [2.45, 2.75) is 0 Å². The highest BCUT2D eigenvalue weighted by Gasteiger charge is 2.19. The summed E-state index contributed by atoms with van der Waals surface area (Å²) in [4.78, 5) is 28.6.